The molecule has 2 aromatic carbocycles. The Hall–Kier alpha value is -1.59. The molecule has 0 fully saturated rings. The number of anilines is 1. The first kappa shape index (κ1) is 13.8. The van der Waals surface area contributed by atoms with Gasteiger partial charge in [-0.15, -0.1) is 0 Å². The average molecular weight is 345 g/mol. The maximum absolute atomic E-state index is 12.9. The van der Waals surface area contributed by atoms with Gasteiger partial charge < -0.3 is 10.4 Å². The predicted molar refractivity (Wildman–Crippen MR) is 75.2 cm³/mol. The summed E-state index contributed by atoms with van der Waals surface area (Å²) in [5.74, 6) is -0.974. The largest absolute Gasteiger partial charge is 0.507 e. The number of phenolic OH excluding ortho intramolecular Hbond substituents is 1. The summed E-state index contributed by atoms with van der Waals surface area (Å²) < 4.78 is 13.4. The summed E-state index contributed by atoms with van der Waals surface area (Å²) in [5.41, 5.74) is 0.566. The van der Waals surface area contributed by atoms with Crippen LogP contribution in [0.1, 0.15) is 10.4 Å². The molecule has 2 N–H and O–H groups in total. The van der Waals surface area contributed by atoms with E-state index in [0.29, 0.717) is 10.2 Å². The highest BCUT2D eigenvalue weighted by atomic mass is 79.9. The van der Waals surface area contributed by atoms with E-state index in [9.17, 15) is 14.3 Å². The van der Waals surface area contributed by atoms with Crippen molar-refractivity contribution in [3.63, 3.8) is 0 Å². The normalized spacial score (nSPS) is 10.3. The lowest BCUT2D eigenvalue weighted by Crippen LogP contribution is -2.12. The van der Waals surface area contributed by atoms with Gasteiger partial charge in [-0.1, -0.05) is 11.6 Å². The zero-order valence-corrected chi connectivity index (χ0v) is 11.8. The van der Waals surface area contributed by atoms with E-state index in [1.165, 1.54) is 24.3 Å². The minimum atomic E-state index is -0.482. The molecule has 0 heterocycles. The SMILES string of the molecule is O=C(Nc1ccc(F)cc1Cl)c1ccc(Br)c(O)c1. The van der Waals surface area contributed by atoms with Crippen molar-refractivity contribution in [2.45, 2.75) is 0 Å². The third-order valence-corrected chi connectivity index (χ3v) is 3.37. The monoisotopic (exact) mass is 343 g/mol. The van der Waals surface area contributed by atoms with Crippen LogP contribution in [0.4, 0.5) is 10.1 Å². The van der Waals surface area contributed by atoms with E-state index < -0.39 is 11.7 Å². The molecule has 0 saturated carbocycles. The van der Waals surface area contributed by atoms with Crippen LogP contribution in [0.5, 0.6) is 5.75 Å². The number of amides is 1. The molecule has 0 unspecified atom stereocenters. The number of hydrogen-bond donors (Lipinski definition) is 2. The molecule has 0 saturated heterocycles. The van der Waals surface area contributed by atoms with Crippen LogP contribution in [0, 0.1) is 5.82 Å². The second-order valence-electron chi connectivity index (χ2n) is 3.74. The van der Waals surface area contributed by atoms with Crippen molar-refractivity contribution in [2.75, 3.05) is 5.32 Å². The Labute approximate surface area is 122 Å². The predicted octanol–water partition coefficient (Wildman–Crippen LogP) is 4.20. The zero-order chi connectivity index (χ0) is 14.0. The van der Waals surface area contributed by atoms with Gasteiger partial charge >= 0.3 is 0 Å². The van der Waals surface area contributed by atoms with Crippen molar-refractivity contribution in [1.82, 2.24) is 0 Å². The minimum absolute atomic E-state index is 0.0437. The molecule has 98 valence electrons. The highest BCUT2D eigenvalue weighted by Crippen LogP contribution is 2.26. The summed E-state index contributed by atoms with van der Waals surface area (Å²) in [6.07, 6.45) is 0. The number of rotatable bonds is 2. The van der Waals surface area contributed by atoms with E-state index in [1.807, 2.05) is 0 Å². The van der Waals surface area contributed by atoms with Crippen molar-refractivity contribution >= 4 is 39.1 Å². The standard InChI is InChI=1S/C13H8BrClFNO2/c14-9-3-1-7(5-12(9)18)13(19)17-11-4-2-8(16)6-10(11)15/h1-6,18H,(H,17,19). The van der Waals surface area contributed by atoms with Crippen molar-refractivity contribution in [1.29, 1.82) is 0 Å². The fourth-order valence-electron chi connectivity index (χ4n) is 1.44. The van der Waals surface area contributed by atoms with Crippen molar-refractivity contribution in [2.24, 2.45) is 0 Å². The van der Waals surface area contributed by atoms with Crippen LogP contribution in [0.25, 0.3) is 0 Å². The van der Waals surface area contributed by atoms with E-state index in [4.69, 9.17) is 11.6 Å². The van der Waals surface area contributed by atoms with Crippen LogP contribution >= 0.6 is 27.5 Å². The summed E-state index contributed by atoms with van der Waals surface area (Å²) in [7, 11) is 0. The number of benzene rings is 2. The average Bonchev–Trinajstić information content (AvgIpc) is 2.36. The first-order valence-corrected chi connectivity index (χ1v) is 6.39. The molecule has 2 aromatic rings. The highest BCUT2D eigenvalue weighted by Gasteiger charge is 2.10. The van der Waals surface area contributed by atoms with Gasteiger partial charge in [0.1, 0.15) is 11.6 Å². The molecule has 0 aliphatic carbocycles. The number of aromatic hydroxyl groups is 1. The summed E-state index contributed by atoms with van der Waals surface area (Å²) in [5, 5.41) is 12.1. The van der Waals surface area contributed by atoms with E-state index >= 15 is 0 Å². The lowest BCUT2D eigenvalue weighted by Gasteiger charge is -2.08. The second kappa shape index (κ2) is 5.59. The molecule has 0 aliphatic heterocycles. The fraction of sp³-hybridized carbons (Fsp3) is 0. The van der Waals surface area contributed by atoms with Crippen LogP contribution < -0.4 is 5.32 Å². The first-order chi connectivity index (χ1) is 8.97. The topological polar surface area (TPSA) is 49.3 Å². The Morgan fingerprint density at radius 2 is 2.00 bits per heavy atom. The van der Waals surface area contributed by atoms with Gasteiger partial charge in [0.25, 0.3) is 5.91 Å². The van der Waals surface area contributed by atoms with Crippen molar-refractivity contribution in [3.8, 4) is 5.75 Å². The first-order valence-electron chi connectivity index (χ1n) is 5.22. The van der Waals surface area contributed by atoms with E-state index in [-0.39, 0.29) is 16.3 Å². The van der Waals surface area contributed by atoms with Gasteiger partial charge in [-0.3, -0.25) is 4.79 Å². The Morgan fingerprint density at radius 3 is 2.63 bits per heavy atom. The van der Waals surface area contributed by atoms with Crippen LogP contribution in [-0.2, 0) is 0 Å². The van der Waals surface area contributed by atoms with Gasteiger partial charge in [-0.05, 0) is 52.3 Å². The van der Waals surface area contributed by atoms with E-state index in [2.05, 4.69) is 21.2 Å². The van der Waals surface area contributed by atoms with Gasteiger partial charge in [-0.25, -0.2) is 4.39 Å². The minimum Gasteiger partial charge on any atom is -0.507 e. The van der Waals surface area contributed by atoms with Gasteiger partial charge in [0.15, 0.2) is 0 Å². The third kappa shape index (κ3) is 3.24. The van der Waals surface area contributed by atoms with Crippen molar-refractivity contribution < 1.29 is 14.3 Å². The van der Waals surface area contributed by atoms with Gasteiger partial charge in [0, 0.05) is 5.56 Å². The quantitative estimate of drug-likeness (QED) is 0.858. The lowest BCUT2D eigenvalue weighted by molar-refractivity contribution is 0.102. The molecule has 19 heavy (non-hydrogen) atoms. The number of phenols is 1. The Morgan fingerprint density at radius 1 is 1.26 bits per heavy atom. The summed E-state index contributed by atoms with van der Waals surface area (Å²) in [4.78, 5) is 11.9. The summed E-state index contributed by atoms with van der Waals surface area (Å²) in [6, 6.07) is 8.08. The number of carbonyl (C=O) groups excluding carboxylic acids is 1. The molecular formula is C13H8BrClFNO2. The van der Waals surface area contributed by atoms with Gasteiger partial charge in [0.05, 0.1) is 15.2 Å². The van der Waals surface area contributed by atoms with E-state index in [1.54, 1.807) is 6.07 Å². The molecule has 0 atom stereocenters. The van der Waals surface area contributed by atoms with Crippen LogP contribution in [0.15, 0.2) is 40.9 Å². The highest BCUT2D eigenvalue weighted by molar-refractivity contribution is 9.10. The molecule has 0 aliphatic rings. The number of halogens is 3. The number of hydrogen-bond acceptors (Lipinski definition) is 2. The molecule has 6 heteroatoms. The van der Waals surface area contributed by atoms with Crippen molar-refractivity contribution in [3.05, 3.63) is 57.3 Å². The number of carbonyl (C=O) groups is 1. The van der Waals surface area contributed by atoms with Gasteiger partial charge in [0.2, 0.25) is 0 Å². The molecule has 1 amide bonds. The summed E-state index contributed by atoms with van der Waals surface area (Å²) >= 11 is 8.93. The maximum Gasteiger partial charge on any atom is 0.255 e. The Kier molecular flexibility index (Phi) is 4.07. The lowest BCUT2D eigenvalue weighted by atomic mass is 10.2. The molecule has 0 bridgehead atoms. The second-order valence-corrected chi connectivity index (χ2v) is 5.01. The fourth-order valence-corrected chi connectivity index (χ4v) is 1.90. The molecule has 0 aromatic heterocycles. The van der Waals surface area contributed by atoms with Crippen LogP contribution in [-0.4, -0.2) is 11.0 Å². The van der Waals surface area contributed by atoms with Gasteiger partial charge in [-0.2, -0.15) is 0 Å². The van der Waals surface area contributed by atoms with Crippen LogP contribution in [0.3, 0.4) is 0 Å². The molecular weight excluding hydrogens is 337 g/mol. The Balaban J connectivity index is 2.23. The van der Waals surface area contributed by atoms with Crippen LogP contribution in [0.2, 0.25) is 5.02 Å². The molecule has 0 spiro atoms. The third-order valence-electron chi connectivity index (χ3n) is 2.39. The molecule has 3 nitrogen and oxygen atoms in total. The van der Waals surface area contributed by atoms with E-state index in [0.717, 1.165) is 6.07 Å². The molecule has 2 rings (SSSR count). The zero-order valence-electron chi connectivity index (χ0n) is 9.45. The molecule has 0 radical (unpaired) electrons. The Bertz CT molecular complexity index is 649. The number of nitrogens with one attached hydrogen (secondary N) is 1. The smallest absolute Gasteiger partial charge is 0.255 e. The summed E-state index contributed by atoms with van der Waals surface area (Å²) in [6.45, 7) is 0. The maximum atomic E-state index is 12.9.